The van der Waals surface area contributed by atoms with E-state index in [1.807, 2.05) is 0 Å². The number of rotatable bonds is 11. The van der Waals surface area contributed by atoms with Gasteiger partial charge in [0, 0.05) is 25.2 Å². The smallest absolute Gasteiger partial charge is 0.635 e. The van der Waals surface area contributed by atoms with Gasteiger partial charge >= 0.3 is 71.2 Å². The molecule has 0 radical (unpaired) electrons. The first-order valence-electron chi connectivity index (χ1n) is 12.2. The van der Waals surface area contributed by atoms with E-state index in [2.05, 4.69) is 20.1 Å². The van der Waals surface area contributed by atoms with Crippen LogP contribution in [0.15, 0.2) is 48.7 Å². The van der Waals surface area contributed by atoms with Crippen molar-refractivity contribution in [3.05, 3.63) is 70.9 Å². The molecular weight excluding hydrogens is 631 g/mol. The van der Waals surface area contributed by atoms with Crippen LogP contribution in [-0.4, -0.2) is 53.2 Å². The molecule has 1 atom stereocenters. The summed E-state index contributed by atoms with van der Waals surface area (Å²) in [6.07, 6.45) is 0.611. The Morgan fingerprint density at radius 1 is 1.16 bits per heavy atom. The van der Waals surface area contributed by atoms with Crippen LogP contribution in [0.2, 0.25) is 5.02 Å². The second kappa shape index (κ2) is 17.5. The Balaban J connectivity index is 0.00000462. The molecule has 3 aromatic rings. The molecule has 0 bridgehead atoms. The molecule has 0 unspecified atom stereocenters. The maximum absolute atomic E-state index is 13.8. The first-order valence-corrected chi connectivity index (χ1v) is 14.1. The van der Waals surface area contributed by atoms with E-state index in [9.17, 15) is 28.2 Å². The summed E-state index contributed by atoms with van der Waals surface area (Å²) < 4.78 is 37.2. The van der Waals surface area contributed by atoms with Crippen LogP contribution < -0.4 is 79.5 Å². The fourth-order valence-electron chi connectivity index (χ4n) is 3.90. The molecule has 3 rings (SSSR count). The van der Waals surface area contributed by atoms with Gasteiger partial charge in [-0.05, 0) is 53.1 Å². The molecule has 0 aliphatic heterocycles. The number of nitrogens with zero attached hydrogens (tertiary/aromatic N) is 2. The number of fused-ring (bicyclic) bond motifs is 1. The number of hydrogen-bond acceptors (Lipinski definition) is 8. The third-order valence-electron chi connectivity index (χ3n) is 6.06. The molecule has 3 amide bonds. The third-order valence-corrected chi connectivity index (χ3v) is 6.94. The van der Waals surface area contributed by atoms with Crippen molar-refractivity contribution in [1.29, 1.82) is 0 Å². The van der Waals surface area contributed by atoms with Crippen LogP contribution in [0.1, 0.15) is 25.8 Å². The fraction of sp³-hybridized carbons (Fsp3) is 0.346. The van der Waals surface area contributed by atoms with E-state index in [0.29, 0.717) is 16.3 Å². The number of amides is 3. The van der Waals surface area contributed by atoms with Crippen molar-refractivity contribution >= 4 is 48.5 Å². The zero-order chi connectivity index (χ0) is 30.4. The van der Waals surface area contributed by atoms with Gasteiger partial charge in [-0.3, -0.25) is 5.32 Å². The molecule has 3 N–H and O–H groups in total. The zero-order valence-electron chi connectivity index (χ0n) is 24.4. The molecule has 1 aromatic heterocycles. The maximum Gasteiger partial charge on any atom is 1.00 e. The molecule has 17 heteroatoms. The zero-order valence-corrected chi connectivity index (χ0v) is 30.0. The molecule has 0 fully saturated rings. The quantitative estimate of drug-likeness (QED) is 0.154. The number of likely N-dealkylation sites (N-methyl/N-ethyl adjacent to an activating group) is 1. The Labute approximate surface area is 297 Å². The van der Waals surface area contributed by atoms with Gasteiger partial charge in [0.25, 0.3) is 0 Å². The van der Waals surface area contributed by atoms with Crippen molar-refractivity contribution in [2.45, 2.75) is 32.9 Å². The maximum atomic E-state index is 13.8. The monoisotopic (exact) mass is 659 g/mol. The summed E-state index contributed by atoms with van der Waals surface area (Å²) in [5, 5.41) is 6.08. The minimum atomic E-state index is -5.00. The number of anilines is 1. The van der Waals surface area contributed by atoms with Gasteiger partial charge in [-0.2, -0.15) is 0 Å². The van der Waals surface area contributed by atoms with Gasteiger partial charge in [-0.1, -0.05) is 37.6 Å². The van der Waals surface area contributed by atoms with E-state index < -0.39 is 50.0 Å². The molecular formula is C26H29ClF2N4Na2O7P+. The van der Waals surface area contributed by atoms with E-state index in [0.717, 1.165) is 0 Å². The van der Waals surface area contributed by atoms with Crippen LogP contribution in [0.4, 0.5) is 24.2 Å². The number of phosphoric ester groups is 1. The van der Waals surface area contributed by atoms with Crippen LogP contribution >= 0.6 is 19.8 Å². The molecule has 0 spiro atoms. The molecule has 11 nitrogen and oxygen atoms in total. The standard InChI is InChI=1S/C26H30ClF2N4O7P.2Na/c1-26(2,15-40-41(36,37)38)11-20(33(3)24(34)31-13-17-5-4-6-21(29)23(17)27)14-39-25(35)32-22-10-18-9-19(28)8-7-16(18)12-30-22;;/h4-10,12,20H,11,13-15H2,1-3H3,(H,31,34)(H,30,32,35)(H2,36,37,38);;/q;2*+1/p-1/t20-;;/m0../s1. The summed E-state index contributed by atoms with van der Waals surface area (Å²) in [5.41, 5.74) is -0.580. The van der Waals surface area contributed by atoms with Crippen LogP contribution in [0.25, 0.3) is 10.8 Å². The first kappa shape index (κ1) is 39.8. The van der Waals surface area contributed by atoms with Gasteiger partial charge in [0.15, 0.2) is 8.17 Å². The number of benzene rings is 2. The number of ether oxygens (including phenoxy) is 1. The van der Waals surface area contributed by atoms with Crippen molar-refractivity contribution in [1.82, 2.24) is 15.2 Å². The predicted molar refractivity (Wildman–Crippen MR) is 145 cm³/mol. The number of urea groups is 1. The van der Waals surface area contributed by atoms with Crippen molar-refractivity contribution < 1.29 is 101 Å². The number of carbonyl (C=O) groups is 2. The van der Waals surface area contributed by atoms with E-state index in [1.54, 1.807) is 26.0 Å². The SMILES string of the molecule is CN(C(=O)NCc1cccc(F)c1Cl)[C@H](COC(=O)Nc1cc2cc(F)ccc2cn1)CC(C)(C)CO[P+]([O-])([O-])O.[Na+].[Na+]. The summed E-state index contributed by atoms with van der Waals surface area (Å²) in [7, 11) is -3.58. The molecule has 1 heterocycles. The Morgan fingerprint density at radius 2 is 1.86 bits per heavy atom. The summed E-state index contributed by atoms with van der Waals surface area (Å²) in [5.74, 6) is -0.996. The molecule has 0 aliphatic carbocycles. The number of aromatic nitrogens is 1. The molecule has 2 aromatic carbocycles. The second-order valence-corrected chi connectivity index (χ2v) is 11.6. The van der Waals surface area contributed by atoms with E-state index >= 15 is 0 Å². The van der Waals surface area contributed by atoms with Gasteiger partial charge in [0.2, 0.25) is 0 Å². The predicted octanol–water partition coefficient (Wildman–Crippen LogP) is -2.24. The van der Waals surface area contributed by atoms with Gasteiger partial charge in [-0.25, -0.2) is 32.8 Å². The second-order valence-electron chi connectivity index (χ2n) is 10.0. The average Bonchev–Trinajstić information content (AvgIpc) is 2.89. The van der Waals surface area contributed by atoms with E-state index in [4.69, 9.17) is 21.2 Å². The van der Waals surface area contributed by atoms with Gasteiger partial charge in [0.05, 0.1) is 17.7 Å². The summed E-state index contributed by atoms with van der Waals surface area (Å²) in [6, 6.07) is 8.31. The Kier molecular flexibility index (Phi) is 16.2. The van der Waals surface area contributed by atoms with E-state index in [1.165, 1.54) is 48.5 Å². The summed E-state index contributed by atoms with van der Waals surface area (Å²) >= 11 is 5.96. The van der Waals surface area contributed by atoms with Crippen molar-refractivity contribution in [3.63, 3.8) is 0 Å². The Bertz CT molecular complexity index is 1410. The summed E-state index contributed by atoms with van der Waals surface area (Å²) in [4.78, 5) is 62.1. The van der Waals surface area contributed by atoms with Crippen molar-refractivity contribution in [2.75, 3.05) is 25.6 Å². The molecule has 0 saturated heterocycles. The van der Waals surface area contributed by atoms with Crippen molar-refractivity contribution in [2.24, 2.45) is 5.41 Å². The Morgan fingerprint density at radius 3 is 2.53 bits per heavy atom. The number of nitrogens with one attached hydrogen (secondary N) is 2. The van der Waals surface area contributed by atoms with Crippen LogP contribution in [0.5, 0.6) is 0 Å². The van der Waals surface area contributed by atoms with Crippen molar-refractivity contribution in [3.8, 4) is 0 Å². The third kappa shape index (κ3) is 13.0. The Hall–Kier alpha value is -1.19. The van der Waals surface area contributed by atoms with Crippen LogP contribution in [0.3, 0.4) is 0 Å². The number of hydrogen-bond donors (Lipinski definition) is 3. The topological polar surface area (TPSA) is 159 Å². The minimum Gasteiger partial charge on any atom is -0.635 e. The minimum absolute atomic E-state index is 0. The van der Waals surface area contributed by atoms with Crippen LogP contribution in [0, 0.1) is 17.0 Å². The number of halogens is 3. The van der Waals surface area contributed by atoms with Gasteiger partial charge in [-0.15, -0.1) is 0 Å². The summed E-state index contributed by atoms with van der Waals surface area (Å²) in [6.45, 7) is 2.41. The normalized spacial score (nSPS) is 12.0. The largest absolute Gasteiger partial charge is 1.00 e. The first-order chi connectivity index (χ1) is 19.1. The van der Waals surface area contributed by atoms with E-state index in [-0.39, 0.29) is 89.5 Å². The van der Waals surface area contributed by atoms with Gasteiger partial charge < -0.3 is 24.7 Å². The van der Waals surface area contributed by atoms with Gasteiger partial charge in [0.1, 0.15) is 24.1 Å². The number of pyridine rings is 1. The fourth-order valence-corrected chi connectivity index (χ4v) is 4.61. The molecule has 43 heavy (non-hydrogen) atoms. The average molecular weight is 660 g/mol. The number of phosphoric acid groups is 1. The molecule has 222 valence electrons. The van der Waals surface area contributed by atoms with Crippen LogP contribution in [-0.2, 0) is 15.8 Å². The number of carbonyl (C=O) groups excluding carboxylic acids is 2. The molecule has 0 saturated carbocycles. The molecule has 0 aliphatic rings.